The summed E-state index contributed by atoms with van der Waals surface area (Å²) < 4.78 is 0. The van der Waals surface area contributed by atoms with Crippen molar-refractivity contribution in [3.05, 3.63) is 40.4 Å². The molecule has 7 heteroatoms. The number of para-hydroxylation sites is 1. The van der Waals surface area contributed by atoms with Gasteiger partial charge in [0.05, 0.1) is 23.5 Å². The molecular formula is C19H26N5O2+. The minimum absolute atomic E-state index is 0.0000331. The fraction of sp³-hybridized carbons (Fsp3) is 0.474. The van der Waals surface area contributed by atoms with Crippen molar-refractivity contribution >= 4 is 16.8 Å². The lowest BCUT2D eigenvalue weighted by molar-refractivity contribution is -0.904. The third-order valence-corrected chi connectivity index (χ3v) is 4.78. The Morgan fingerprint density at radius 2 is 2.12 bits per heavy atom. The lowest BCUT2D eigenvalue weighted by atomic mass is 9.90. The molecule has 0 bridgehead atoms. The molecule has 1 amide bonds. The largest absolute Gasteiger partial charge is 0.333 e. The maximum Gasteiger partial charge on any atom is 0.276 e. The Hall–Kier alpha value is -2.72. The van der Waals surface area contributed by atoms with Crippen LogP contribution in [0, 0.1) is 17.2 Å². The Morgan fingerprint density at radius 3 is 2.73 bits per heavy atom. The summed E-state index contributed by atoms with van der Waals surface area (Å²) in [6, 6.07) is 9.35. The van der Waals surface area contributed by atoms with E-state index in [1.54, 1.807) is 25.1 Å². The fourth-order valence-corrected chi connectivity index (χ4v) is 2.63. The second-order valence-corrected chi connectivity index (χ2v) is 7.00. The van der Waals surface area contributed by atoms with Crippen LogP contribution in [0.4, 0.5) is 0 Å². The summed E-state index contributed by atoms with van der Waals surface area (Å²) in [6.45, 7) is 8.81. The standard InChI is InChI=1S/C19H25N5O2/c1-5-24(11-17(25)23-19(4,12-20)13(2)3)10-16-21-15-9-7-6-8-14(15)18(26)22-16/h6-9,13H,5,10-11H2,1-4H3,(H,23,25)(H,21,22,26)/p+1/t19-/m0/s1. The Morgan fingerprint density at radius 1 is 1.42 bits per heavy atom. The number of aromatic amines is 1. The molecule has 3 N–H and O–H groups in total. The van der Waals surface area contributed by atoms with E-state index in [0.717, 1.165) is 4.90 Å². The second kappa shape index (κ2) is 8.11. The molecule has 0 aliphatic heterocycles. The number of aromatic nitrogens is 2. The fourth-order valence-electron chi connectivity index (χ4n) is 2.63. The van der Waals surface area contributed by atoms with Gasteiger partial charge in [-0.2, -0.15) is 5.26 Å². The van der Waals surface area contributed by atoms with Gasteiger partial charge in [-0.15, -0.1) is 0 Å². The summed E-state index contributed by atoms with van der Waals surface area (Å²) in [7, 11) is 0. The smallest absolute Gasteiger partial charge is 0.276 e. The molecular weight excluding hydrogens is 330 g/mol. The zero-order valence-corrected chi connectivity index (χ0v) is 15.7. The SMILES string of the molecule is CC[NH+](CC(=O)N[C@@](C)(C#N)C(C)C)Cc1nc2ccccc2c(=O)[nH]1. The molecule has 1 aromatic heterocycles. The molecule has 0 fully saturated rings. The summed E-state index contributed by atoms with van der Waals surface area (Å²) in [4.78, 5) is 32.8. The number of carbonyl (C=O) groups excluding carboxylic acids is 1. The molecule has 0 aliphatic rings. The highest BCUT2D eigenvalue weighted by molar-refractivity contribution is 5.78. The molecule has 0 saturated carbocycles. The van der Waals surface area contributed by atoms with Gasteiger partial charge in [0.1, 0.15) is 12.1 Å². The van der Waals surface area contributed by atoms with Gasteiger partial charge in [-0.05, 0) is 31.9 Å². The summed E-state index contributed by atoms with van der Waals surface area (Å²) in [6.07, 6.45) is 0. The number of quaternary nitrogens is 1. The number of H-pyrrole nitrogens is 1. The second-order valence-electron chi connectivity index (χ2n) is 7.00. The first-order chi connectivity index (χ1) is 12.3. The summed E-state index contributed by atoms with van der Waals surface area (Å²) >= 11 is 0. The van der Waals surface area contributed by atoms with Crippen LogP contribution in [0.1, 0.15) is 33.5 Å². The van der Waals surface area contributed by atoms with Crippen molar-refractivity contribution < 1.29 is 9.69 Å². The number of hydrogen-bond acceptors (Lipinski definition) is 4. The first-order valence-electron chi connectivity index (χ1n) is 8.82. The van der Waals surface area contributed by atoms with E-state index < -0.39 is 5.54 Å². The maximum atomic E-state index is 12.4. The van der Waals surface area contributed by atoms with Crippen LogP contribution in [0.25, 0.3) is 10.9 Å². The van der Waals surface area contributed by atoms with E-state index in [-0.39, 0.29) is 23.9 Å². The normalized spacial score (nSPS) is 14.6. The number of fused-ring (bicyclic) bond motifs is 1. The van der Waals surface area contributed by atoms with Gasteiger partial charge in [-0.25, -0.2) is 4.98 Å². The van der Waals surface area contributed by atoms with E-state index in [0.29, 0.717) is 29.8 Å². The first kappa shape index (κ1) is 19.6. The van der Waals surface area contributed by atoms with Crippen LogP contribution in [0.15, 0.2) is 29.1 Å². The van der Waals surface area contributed by atoms with Crippen LogP contribution in [0.5, 0.6) is 0 Å². The molecule has 0 radical (unpaired) electrons. The lowest BCUT2D eigenvalue weighted by Crippen LogP contribution is -3.11. The van der Waals surface area contributed by atoms with Crippen LogP contribution in [-0.2, 0) is 11.3 Å². The van der Waals surface area contributed by atoms with E-state index in [2.05, 4.69) is 21.4 Å². The number of nitriles is 1. The van der Waals surface area contributed by atoms with Gasteiger partial charge in [0.25, 0.3) is 11.5 Å². The monoisotopic (exact) mass is 356 g/mol. The van der Waals surface area contributed by atoms with Crippen molar-refractivity contribution in [1.82, 2.24) is 15.3 Å². The molecule has 0 aliphatic carbocycles. The average Bonchev–Trinajstić information content (AvgIpc) is 2.60. The highest BCUT2D eigenvalue weighted by Crippen LogP contribution is 2.14. The van der Waals surface area contributed by atoms with Gasteiger partial charge in [0, 0.05) is 0 Å². The van der Waals surface area contributed by atoms with Crippen LogP contribution in [0.3, 0.4) is 0 Å². The zero-order valence-electron chi connectivity index (χ0n) is 15.7. The first-order valence-corrected chi connectivity index (χ1v) is 8.82. The molecule has 1 unspecified atom stereocenters. The molecule has 7 nitrogen and oxygen atoms in total. The molecule has 0 spiro atoms. The summed E-state index contributed by atoms with van der Waals surface area (Å²) in [5.41, 5.74) is -0.434. The van der Waals surface area contributed by atoms with Crippen molar-refractivity contribution in [3.8, 4) is 6.07 Å². The number of amides is 1. The van der Waals surface area contributed by atoms with E-state index in [4.69, 9.17) is 0 Å². The van der Waals surface area contributed by atoms with E-state index in [1.165, 1.54) is 0 Å². The number of hydrogen-bond donors (Lipinski definition) is 3. The van der Waals surface area contributed by atoms with E-state index in [9.17, 15) is 14.9 Å². The van der Waals surface area contributed by atoms with Gasteiger partial charge in [-0.1, -0.05) is 26.0 Å². The zero-order chi connectivity index (χ0) is 19.3. The van der Waals surface area contributed by atoms with Crippen molar-refractivity contribution in [2.75, 3.05) is 13.1 Å². The molecule has 2 aromatic rings. The number of carbonyl (C=O) groups is 1. The number of nitrogens with zero attached hydrogens (tertiary/aromatic N) is 2. The third-order valence-electron chi connectivity index (χ3n) is 4.78. The number of rotatable bonds is 7. The van der Waals surface area contributed by atoms with E-state index >= 15 is 0 Å². The van der Waals surface area contributed by atoms with Crippen LogP contribution in [-0.4, -0.2) is 34.5 Å². The van der Waals surface area contributed by atoms with Gasteiger partial charge in [-0.3, -0.25) is 9.59 Å². The van der Waals surface area contributed by atoms with Gasteiger partial charge >= 0.3 is 0 Å². The number of likely N-dealkylation sites (N-methyl/N-ethyl adjacent to an activating group) is 1. The quantitative estimate of drug-likeness (QED) is 0.667. The maximum absolute atomic E-state index is 12.4. The van der Waals surface area contributed by atoms with Gasteiger partial charge in [0.15, 0.2) is 12.4 Å². The topological polar surface area (TPSA) is 103 Å². The number of benzene rings is 1. The van der Waals surface area contributed by atoms with Gasteiger partial charge in [0.2, 0.25) is 0 Å². The predicted molar refractivity (Wildman–Crippen MR) is 99.4 cm³/mol. The highest BCUT2D eigenvalue weighted by Gasteiger charge is 2.31. The molecule has 1 aromatic carbocycles. The lowest BCUT2D eigenvalue weighted by Gasteiger charge is -2.28. The van der Waals surface area contributed by atoms with E-state index in [1.807, 2.05) is 26.8 Å². The Bertz CT molecular complexity index is 883. The molecule has 138 valence electrons. The number of nitrogens with one attached hydrogen (secondary N) is 3. The average molecular weight is 356 g/mol. The van der Waals surface area contributed by atoms with Gasteiger partial charge < -0.3 is 15.2 Å². The van der Waals surface area contributed by atoms with Crippen LogP contribution < -0.4 is 15.8 Å². The van der Waals surface area contributed by atoms with Crippen molar-refractivity contribution in [3.63, 3.8) is 0 Å². The molecule has 2 atom stereocenters. The molecule has 0 saturated heterocycles. The predicted octanol–water partition coefficient (Wildman–Crippen LogP) is 0.382. The van der Waals surface area contributed by atoms with Crippen LogP contribution >= 0.6 is 0 Å². The molecule has 26 heavy (non-hydrogen) atoms. The van der Waals surface area contributed by atoms with Crippen molar-refractivity contribution in [2.45, 2.75) is 39.8 Å². The minimum atomic E-state index is -0.897. The summed E-state index contributed by atoms with van der Waals surface area (Å²) in [5, 5.41) is 12.7. The minimum Gasteiger partial charge on any atom is -0.333 e. The van der Waals surface area contributed by atoms with Crippen molar-refractivity contribution in [1.29, 1.82) is 5.26 Å². The third kappa shape index (κ3) is 4.46. The molecule has 1 heterocycles. The molecule has 2 rings (SSSR count). The summed E-state index contributed by atoms with van der Waals surface area (Å²) in [5.74, 6) is 0.355. The Kier molecular flexibility index (Phi) is 6.11. The Labute approximate surface area is 153 Å². The highest BCUT2D eigenvalue weighted by atomic mass is 16.2. The van der Waals surface area contributed by atoms with Crippen molar-refractivity contribution in [2.24, 2.45) is 5.92 Å². The Balaban J connectivity index is 2.11. The van der Waals surface area contributed by atoms with Crippen LogP contribution in [0.2, 0.25) is 0 Å².